The highest BCUT2D eigenvalue weighted by Crippen LogP contribution is 2.25. The highest BCUT2D eigenvalue weighted by Gasteiger charge is 2.01. The van der Waals surface area contributed by atoms with Crippen LogP contribution >= 0.6 is 11.6 Å². The molecule has 0 radical (unpaired) electrons. The molecule has 0 saturated carbocycles. The van der Waals surface area contributed by atoms with Crippen molar-refractivity contribution >= 4 is 11.6 Å². The minimum atomic E-state index is -0.0573. The number of ether oxygens (including phenoxy) is 1. The van der Waals surface area contributed by atoms with Crippen LogP contribution < -0.4 is 4.74 Å². The fraction of sp³-hybridized carbons (Fsp3) is 0.222. The van der Waals surface area contributed by atoms with Crippen molar-refractivity contribution in [1.82, 2.24) is 0 Å². The van der Waals surface area contributed by atoms with Crippen LogP contribution in [0.15, 0.2) is 18.2 Å². The average Bonchev–Trinajstić information content (AvgIpc) is 2.16. The van der Waals surface area contributed by atoms with Crippen molar-refractivity contribution in [3.63, 3.8) is 0 Å². The van der Waals surface area contributed by atoms with E-state index in [1.807, 2.05) is 6.07 Å². The van der Waals surface area contributed by atoms with Crippen molar-refractivity contribution in [3.8, 4) is 11.8 Å². The zero-order chi connectivity index (χ0) is 9.68. The summed E-state index contributed by atoms with van der Waals surface area (Å²) in [6, 6.07) is 6.77. The number of halogens is 1. The summed E-state index contributed by atoms with van der Waals surface area (Å²) in [6.45, 7) is -0.0869. The Hall–Kier alpha value is -1.24. The van der Waals surface area contributed by atoms with Crippen molar-refractivity contribution in [2.75, 3.05) is 6.61 Å². The van der Waals surface area contributed by atoms with Gasteiger partial charge in [-0.2, -0.15) is 5.26 Å². The Labute approximate surface area is 81.1 Å². The number of aliphatic hydroxyl groups excluding tert-OH is 1. The lowest BCUT2D eigenvalue weighted by molar-refractivity contribution is 0.281. The SMILES string of the molecule is N#CCOc1ccc(CO)cc1Cl. The van der Waals surface area contributed by atoms with E-state index in [1.165, 1.54) is 0 Å². The summed E-state index contributed by atoms with van der Waals surface area (Å²) in [6.07, 6.45) is 0. The largest absolute Gasteiger partial charge is 0.477 e. The van der Waals surface area contributed by atoms with Gasteiger partial charge in [-0.15, -0.1) is 0 Å². The number of aliphatic hydroxyl groups is 1. The molecule has 3 nitrogen and oxygen atoms in total. The summed E-state index contributed by atoms with van der Waals surface area (Å²) in [7, 11) is 0. The predicted molar refractivity (Wildman–Crippen MR) is 48.5 cm³/mol. The highest BCUT2D eigenvalue weighted by molar-refractivity contribution is 6.32. The summed E-state index contributed by atoms with van der Waals surface area (Å²) in [5, 5.41) is 17.4. The molecule has 0 unspecified atom stereocenters. The van der Waals surface area contributed by atoms with Crippen LogP contribution in [0.2, 0.25) is 5.02 Å². The van der Waals surface area contributed by atoms with Gasteiger partial charge < -0.3 is 9.84 Å². The molecule has 0 aliphatic carbocycles. The lowest BCUT2D eigenvalue weighted by Crippen LogP contribution is -1.94. The Morgan fingerprint density at radius 1 is 1.54 bits per heavy atom. The lowest BCUT2D eigenvalue weighted by atomic mass is 10.2. The molecule has 0 aliphatic rings. The second-order valence-corrected chi connectivity index (χ2v) is 2.78. The monoisotopic (exact) mass is 197 g/mol. The second kappa shape index (κ2) is 4.70. The van der Waals surface area contributed by atoms with Gasteiger partial charge in [-0.25, -0.2) is 0 Å². The lowest BCUT2D eigenvalue weighted by Gasteiger charge is -2.04. The first-order chi connectivity index (χ1) is 6.27. The standard InChI is InChI=1S/C9H8ClNO2/c10-8-5-7(6-12)1-2-9(8)13-4-3-11/h1-2,5,12H,4,6H2. The van der Waals surface area contributed by atoms with E-state index in [2.05, 4.69) is 0 Å². The van der Waals surface area contributed by atoms with E-state index in [-0.39, 0.29) is 13.2 Å². The van der Waals surface area contributed by atoms with Crippen molar-refractivity contribution in [1.29, 1.82) is 5.26 Å². The van der Waals surface area contributed by atoms with Crippen LogP contribution in [0.1, 0.15) is 5.56 Å². The molecule has 13 heavy (non-hydrogen) atoms. The van der Waals surface area contributed by atoms with E-state index in [4.69, 9.17) is 26.7 Å². The minimum absolute atomic E-state index is 0.0296. The maximum atomic E-state index is 8.78. The maximum absolute atomic E-state index is 8.78. The Morgan fingerprint density at radius 3 is 2.85 bits per heavy atom. The van der Waals surface area contributed by atoms with E-state index >= 15 is 0 Å². The van der Waals surface area contributed by atoms with Gasteiger partial charge in [0.1, 0.15) is 11.8 Å². The Kier molecular flexibility index (Phi) is 3.56. The molecule has 4 heteroatoms. The van der Waals surface area contributed by atoms with E-state index in [0.29, 0.717) is 16.3 Å². The third kappa shape index (κ3) is 2.62. The molecular formula is C9H8ClNO2. The molecule has 1 N–H and O–H groups in total. The molecule has 0 amide bonds. The van der Waals surface area contributed by atoms with Gasteiger partial charge in [-0.3, -0.25) is 0 Å². The van der Waals surface area contributed by atoms with Gasteiger partial charge in [0, 0.05) is 0 Å². The van der Waals surface area contributed by atoms with Crippen molar-refractivity contribution in [3.05, 3.63) is 28.8 Å². The van der Waals surface area contributed by atoms with Crippen LogP contribution in [-0.4, -0.2) is 11.7 Å². The Bertz CT molecular complexity index is 333. The summed E-state index contributed by atoms with van der Waals surface area (Å²) in [5.74, 6) is 0.459. The topological polar surface area (TPSA) is 53.2 Å². The van der Waals surface area contributed by atoms with Gasteiger partial charge in [0.15, 0.2) is 6.61 Å². The van der Waals surface area contributed by atoms with Crippen LogP contribution in [0.3, 0.4) is 0 Å². The first-order valence-electron chi connectivity index (χ1n) is 3.67. The number of benzene rings is 1. The maximum Gasteiger partial charge on any atom is 0.174 e. The van der Waals surface area contributed by atoms with E-state index in [1.54, 1.807) is 18.2 Å². The second-order valence-electron chi connectivity index (χ2n) is 2.37. The van der Waals surface area contributed by atoms with Crippen molar-refractivity contribution < 1.29 is 9.84 Å². The Morgan fingerprint density at radius 2 is 2.31 bits per heavy atom. The van der Waals surface area contributed by atoms with E-state index in [9.17, 15) is 0 Å². The fourth-order valence-electron chi connectivity index (χ4n) is 0.870. The smallest absolute Gasteiger partial charge is 0.174 e. The molecule has 68 valence electrons. The number of hydrogen-bond donors (Lipinski definition) is 1. The summed E-state index contributed by atoms with van der Waals surface area (Å²) in [4.78, 5) is 0. The van der Waals surface area contributed by atoms with Gasteiger partial charge in [0.05, 0.1) is 11.6 Å². The van der Waals surface area contributed by atoms with Gasteiger partial charge >= 0.3 is 0 Å². The Balaban J connectivity index is 2.80. The van der Waals surface area contributed by atoms with E-state index < -0.39 is 0 Å². The van der Waals surface area contributed by atoms with Crippen LogP contribution in [0.5, 0.6) is 5.75 Å². The van der Waals surface area contributed by atoms with Crippen LogP contribution in [0.4, 0.5) is 0 Å². The zero-order valence-corrected chi connectivity index (χ0v) is 7.58. The molecule has 0 spiro atoms. The normalized spacial score (nSPS) is 9.31. The highest BCUT2D eigenvalue weighted by atomic mass is 35.5. The molecular weight excluding hydrogens is 190 g/mol. The van der Waals surface area contributed by atoms with Crippen molar-refractivity contribution in [2.45, 2.75) is 6.61 Å². The molecule has 1 aromatic rings. The van der Waals surface area contributed by atoms with Gasteiger partial charge in [-0.1, -0.05) is 17.7 Å². The molecule has 0 saturated heterocycles. The molecule has 0 heterocycles. The summed E-state index contributed by atoms with van der Waals surface area (Å²) < 4.78 is 5.01. The van der Waals surface area contributed by atoms with Gasteiger partial charge in [-0.05, 0) is 17.7 Å². The number of rotatable bonds is 3. The van der Waals surface area contributed by atoms with Crippen LogP contribution in [0.25, 0.3) is 0 Å². The van der Waals surface area contributed by atoms with Gasteiger partial charge in [0.2, 0.25) is 0 Å². The summed E-state index contributed by atoms with van der Waals surface area (Å²) >= 11 is 5.80. The first-order valence-corrected chi connectivity index (χ1v) is 4.04. The third-order valence-corrected chi connectivity index (χ3v) is 1.77. The molecule has 0 aromatic heterocycles. The first kappa shape index (κ1) is 9.85. The van der Waals surface area contributed by atoms with Gasteiger partial charge in [0.25, 0.3) is 0 Å². The van der Waals surface area contributed by atoms with Crippen LogP contribution in [0, 0.1) is 11.3 Å². The van der Waals surface area contributed by atoms with E-state index in [0.717, 1.165) is 0 Å². The number of nitrogens with zero attached hydrogens (tertiary/aromatic N) is 1. The third-order valence-electron chi connectivity index (χ3n) is 1.47. The quantitative estimate of drug-likeness (QED) is 0.803. The van der Waals surface area contributed by atoms with Crippen LogP contribution in [-0.2, 0) is 6.61 Å². The zero-order valence-electron chi connectivity index (χ0n) is 6.83. The average molecular weight is 198 g/mol. The predicted octanol–water partition coefficient (Wildman–Crippen LogP) is 1.73. The minimum Gasteiger partial charge on any atom is -0.477 e. The van der Waals surface area contributed by atoms with Crippen molar-refractivity contribution in [2.24, 2.45) is 0 Å². The molecule has 0 bridgehead atoms. The number of hydrogen-bond acceptors (Lipinski definition) is 3. The fourth-order valence-corrected chi connectivity index (χ4v) is 1.13. The molecule has 1 aromatic carbocycles. The number of nitriles is 1. The molecule has 0 aliphatic heterocycles. The molecule has 1 rings (SSSR count). The summed E-state index contributed by atoms with van der Waals surface area (Å²) in [5.41, 5.74) is 0.717. The molecule has 0 atom stereocenters. The molecule has 0 fully saturated rings.